The molecule has 4 aromatic carbocycles. The van der Waals surface area contributed by atoms with Crippen molar-refractivity contribution in [3.63, 3.8) is 0 Å². The Balaban J connectivity index is 1.33. The Morgan fingerprint density at radius 1 is 0.818 bits per heavy atom. The summed E-state index contributed by atoms with van der Waals surface area (Å²) in [6.45, 7) is 1.95. The first-order valence-corrected chi connectivity index (χ1v) is 10.6. The zero-order chi connectivity index (χ0) is 22.8. The molecule has 1 heterocycles. The Kier molecular flexibility index (Phi) is 5.33. The lowest BCUT2D eigenvalue weighted by molar-refractivity contribution is 0.0734. The second-order valence-electron chi connectivity index (χ2n) is 7.84. The van der Waals surface area contributed by atoms with Gasteiger partial charge in [0.25, 0.3) is 0 Å². The molecule has 0 aliphatic carbocycles. The number of ether oxygens (including phenoxy) is 2. The molecule has 5 rings (SSSR count). The molecule has 0 unspecified atom stereocenters. The summed E-state index contributed by atoms with van der Waals surface area (Å²) < 4.78 is 11.3. The van der Waals surface area contributed by atoms with Crippen LogP contribution in [-0.4, -0.2) is 11.8 Å². The van der Waals surface area contributed by atoms with Crippen LogP contribution in [0.3, 0.4) is 0 Å². The highest BCUT2D eigenvalue weighted by Crippen LogP contribution is 2.35. The zero-order valence-electron chi connectivity index (χ0n) is 17.9. The lowest BCUT2D eigenvalue weighted by Gasteiger charge is -2.06. The van der Waals surface area contributed by atoms with E-state index in [4.69, 9.17) is 9.47 Å². The monoisotopic (exact) mass is 432 g/mol. The fourth-order valence-electron chi connectivity index (χ4n) is 3.64. The average molecular weight is 432 g/mol. The van der Waals surface area contributed by atoms with Crippen LogP contribution < -0.4 is 9.47 Å². The van der Waals surface area contributed by atoms with Crippen LogP contribution >= 0.6 is 0 Å². The predicted molar refractivity (Wildman–Crippen MR) is 127 cm³/mol. The first kappa shape index (κ1) is 20.5. The number of aryl methyl sites for hydroxylation is 1. The van der Waals surface area contributed by atoms with E-state index in [1.54, 1.807) is 36.4 Å². The molecule has 4 nitrogen and oxygen atoms in total. The summed E-state index contributed by atoms with van der Waals surface area (Å²) in [5.41, 5.74) is 5.04. The molecule has 0 saturated heterocycles. The van der Waals surface area contributed by atoms with E-state index in [1.165, 1.54) is 0 Å². The summed E-state index contributed by atoms with van der Waals surface area (Å²) >= 11 is 0. The maximum absolute atomic E-state index is 12.8. The van der Waals surface area contributed by atoms with E-state index in [0.29, 0.717) is 22.6 Å². The fourth-order valence-corrected chi connectivity index (χ4v) is 3.64. The van der Waals surface area contributed by atoms with Gasteiger partial charge in [0.2, 0.25) is 5.78 Å². The topological polar surface area (TPSA) is 52.6 Å². The molecule has 0 aromatic heterocycles. The highest BCUT2D eigenvalue weighted by molar-refractivity contribution is 6.14. The van der Waals surface area contributed by atoms with Gasteiger partial charge < -0.3 is 9.47 Å². The van der Waals surface area contributed by atoms with Gasteiger partial charge in [0.15, 0.2) is 5.76 Å². The molecule has 4 heteroatoms. The maximum Gasteiger partial charge on any atom is 0.343 e. The van der Waals surface area contributed by atoms with E-state index in [0.717, 1.165) is 22.3 Å². The number of Topliss-reactive ketones (excluding diaryl/α,β-unsaturated/α-hetero) is 1. The largest absolute Gasteiger partial charge is 0.452 e. The van der Waals surface area contributed by atoms with Crippen molar-refractivity contribution in [2.75, 3.05) is 0 Å². The van der Waals surface area contributed by atoms with Crippen molar-refractivity contribution < 1.29 is 19.1 Å². The first-order chi connectivity index (χ1) is 16.1. The number of rotatable bonds is 4. The van der Waals surface area contributed by atoms with E-state index < -0.39 is 5.97 Å². The summed E-state index contributed by atoms with van der Waals surface area (Å²) in [4.78, 5) is 25.2. The predicted octanol–water partition coefficient (Wildman–Crippen LogP) is 6.50. The third-order valence-corrected chi connectivity index (χ3v) is 5.45. The van der Waals surface area contributed by atoms with Crippen LogP contribution in [0.25, 0.3) is 17.2 Å². The summed E-state index contributed by atoms with van der Waals surface area (Å²) in [5.74, 6) is 0.267. The Labute approximate surface area is 191 Å². The molecule has 0 atom stereocenters. The molecule has 4 aromatic rings. The van der Waals surface area contributed by atoms with Gasteiger partial charge in [-0.2, -0.15) is 0 Å². The maximum atomic E-state index is 12.8. The van der Waals surface area contributed by atoms with Gasteiger partial charge in [-0.05, 0) is 54.0 Å². The van der Waals surface area contributed by atoms with Crippen LogP contribution in [-0.2, 0) is 0 Å². The zero-order valence-corrected chi connectivity index (χ0v) is 17.9. The van der Waals surface area contributed by atoms with Crippen molar-refractivity contribution in [3.05, 3.63) is 125 Å². The Morgan fingerprint density at radius 2 is 1.52 bits per heavy atom. The Morgan fingerprint density at radius 3 is 2.24 bits per heavy atom. The van der Waals surface area contributed by atoms with Crippen LogP contribution in [0.5, 0.6) is 11.5 Å². The second kappa shape index (κ2) is 8.60. The van der Waals surface area contributed by atoms with Gasteiger partial charge in [-0.3, -0.25) is 4.79 Å². The molecule has 0 spiro atoms. The molecular weight excluding hydrogens is 412 g/mol. The van der Waals surface area contributed by atoms with Crippen molar-refractivity contribution in [3.8, 4) is 22.6 Å². The van der Waals surface area contributed by atoms with Crippen LogP contribution in [0.1, 0.15) is 31.8 Å². The normalized spacial score (nSPS) is 13.5. The second-order valence-corrected chi connectivity index (χ2v) is 7.84. The highest BCUT2D eigenvalue weighted by atomic mass is 16.5. The van der Waals surface area contributed by atoms with Gasteiger partial charge in [-0.15, -0.1) is 0 Å². The van der Waals surface area contributed by atoms with E-state index >= 15 is 0 Å². The van der Waals surface area contributed by atoms with Crippen molar-refractivity contribution in [1.29, 1.82) is 0 Å². The quantitative estimate of drug-likeness (QED) is 0.210. The summed E-state index contributed by atoms with van der Waals surface area (Å²) in [5, 5.41) is 0. The van der Waals surface area contributed by atoms with E-state index in [2.05, 4.69) is 12.1 Å². The van der Waals surface area contributed by atoms with Gasteiger partial charge in [0, 0.05) is 6.07 Å². The lowest BCUT2D eigenvalue weighted by atomic mass is 10.0. The molecule has 1 aliphatic rings. The molecule has 0 saturated carbocycles. The number of hydrogen-bond donors (Lipinski definition) is 0. The highest BCUT2D eigenvalue weighted by Gasteiger charge is 2.28. The standard InChI is InChI=1S/C29H20O4/c1-19-7-11-23(12-8-19)29(31)32-24-15-16-25-26(18-24)33-27(28(25)30)17-20-9-13-22(14-10-20)21-5-3-2-4-6-21/h2-18H,1H3. The minimum atomic E-state index is -0.464. The molecule has 0 radical (unpaired) electrons. The number of hydrogen-bond acceptors (Lipinski definition) is 4. The number of ketones is 1. The van der Waals surface area contributed by atoms with Gasteiger partial charge in [0.1, 0.15) is 11.5 Å². The van der Waals surface area contributed by atoms with E-state index in [-0.39, 0.29) is 11.5 Å². The van der Waals surface area contributed by atoms with Crippen molar-refractivity contribution in [2.24, 2.45) is 0 Å². The molecule has 0 amide bonds. The number of benzene rings is 4. The first-order valence-electron chi connectivity index (χ1n) is 10.6. The SMILES string of the molecule is Cc1ccc(C(=O)Oc2ccc3c(c2)OC(=Cc2ccc(-c4ccccc4)cc2)C3=O)cc1. The van der Waals surface area contributed by atoms with Crippen molar-refractivity contribution in [1.82, 2.24) is 0 Å². The van der Waals surface area contributed by atoms with Crippen molar-refractivity contribution in [2.45, 2.75) is 6.92 Å². The number of allylic oxidation sites excluding steroid dienone is 1. The van der Waals surface area contributed by atoms with Gasteiger partial charge in [0.05, 0.1) is 11.1 Å². The molecule has 1 aliphatic heterocycles. The number of carbonyl (C=O) groups excluding carboxylic acids is 2. The van der Waals surface area contributed by atoms with Crippen LogP contribution in [0.4, 0.5) is 0 Å². The van der Waals surface area contributed by atoms with Gasteiger partial charge in [-0.25, -0.2) is 4.79 Å². The summed E-state index contributed by atoms with van der Waals surface area (Å²) in [7, 11) is 0. The van der Waals surface area contributed by atoms with Crippen LogP contribution in [0, 0.1) is 6.92 Å². The van der Waals surface area contributed by atoms with Crippen molar-refractivity contribution >= 4 is 17.8 Å². The molecule has 0 N–H and O–H groups in total. The summed E-state index contributed by atoms with van der Waals surface area (Å²) in [6.07, 6.45) is 1.72. The molecule has 160 valence electrons. The molecular formula is C29H20O4. The Bertz CT molecular complexity index is 1370. The molecule has 0 fully saturated rings. The van der Waals surface area contributed by atoms with E-state index in [9.17, 15) is 9.59 Å². The lowest BCUT2D eigenvalue weighted by Crippen LogP contribution is -2.08. The average Bonchev–Trinajstić information content (AvgIpc) is 3.15. The van der Waals surface area contributed by atoms with Gasteiger partial charge in [-0.1, -0.05) is 72.3 Å². The smallest absolute Gasteiger partial charge is 0.343 e. The van der Waals surface area contributed by atoms with Gasteiger partial charge >= 0.3 is 5.97 Å². The minimum Gasteiger partial charge on any atom is -0.452 e. The minimum absolute atomic E-state index is 0.200. The van der Waals surface area contributed by atoms with Crippen LogP contribution in [0.2, 0.25) is 0 Å². The third kappa shape index (κ3) is 4.32. The fraction of sp³-hybridized carbons (Fsp3) is 0.0345. The molecule has 33 heavy (non-hydrogen) atoms. The molecule has 0 bridgehead atoms. The number of carbonyl (C=O) groups is 2. The third-order valence-electron chi connectivity index (χ3n) is 5.45. The van der Waals surface area contributed by atoms with Crippen LogP contribution in [0.15, 0.2) is 103 Å². The Hall–Kier alpha value is -4.44. The summed E-state index contributed by atoms with van der Waals surface area (Å²) in [6, 6.07) is 29.9. The number of esters is 1. The number of fused-ring (bicyclic) bond motifs is 1. The van der Waals surface area contributed by atoms with E-state index in [1.807, 2.05) is 61.5 Å².